The molecule has 130 valence electrons. The number of carbonyl (C=O) groups excluding carboxylic acids is 1. The average molecular weight is 354 g/mol. The Morgan fingerprint density at radius 1 is 1.36 bits per heavy atom. The van der Waals surface area contributed by atoms with Gasteiger partial charge < -0.3 is 9.55 Å². The number of Topliss-reactive ketones (excluding diaryl/α,β-unsaturated/α-hetero) is 1. The number of aromatic amines is 1. The van der Waals surface area contributed by atoms with Crippen LogP contribution in [0.4, 0.5) is 0 Å². The highest BCUT2D eigenvalue weighted by Crippen LogP contribution is 2.40. The van der Waals surface area contributed by atoms with Gasteiger partial charge in [-0.25, -0.2) is 0 Å². The molecule has 0 radical (unpaired) electrons. The molecule has 2 aromatic heterocycles. The summed E-state index contributed by atoms with van der Waals surface area (Å²) < 4.78 is 2.16. The van der Waals surface area contributed by atoms with E-state index < -0.39 is 0 Å². The van der Waals surface area contributed by atoms with Crippen LogP contribution in [0.5, 0.6) is 0 Å². The van der Waals surface area contributed by atoms with Crippen molar-refractivity contribution in [3.8, 4) is 0 Å². The first-order valence-electron chi connectivity index (χ1n) is 8.81. The molecule has 0 spiro atoms. The fourth-order valence-corrected chi connectivity index (χ4v) is 4.32. The number of hydrogen-bond acceptors (Lipinski definition) is 4. The predicted molar refractivity (Wildman–Crippen MR) is 100 cm³/mol. The number of H-pyrrole nitrogens is 1. The highest BCUT2D eigenvalue weighted by Gasteiger charge is 2.31. The van der Waals surface area contributed by atoms with Crippen LogP contribution in [-0.2, 0) is 6.54 Å². The van der Waals surface area contributed by atoms with Crippen molar-refractivity contribution in [2.45, 2.75) is 56.5 Å². The van der Waals surface area contributed by atoms with Crippen LogP contribution >= 0.6 is 11.8 Å². The number of nitrogens with zero attached hydrogens (tertiary/aromatic N) is 3. The summed E-state index contributed by atoms with van der Waals surface area (Å²) in [5.74, 6) is 1.77. The van der Waals surface area contributed by atoms with E-state index in [1.54, 1.807) is 0 Å². The Morgan fingerprint density at radius 3 is 2.84 bits per heavy atom. The largest absolute Gasteiger partial charge is 0.358 e. The van der Waals surface area contributed by atoms with E-state index in [4.69, 9.17) is 0 Å². The Kier molecular flexibility index (Phi) is 4.15. The van der Waals surface area contributed by atoms with E-state index in [9.17, 15) is 4.79 Å². The van der Waals surface area contributed by atoms with Crippen molar-refractivity contribution in [3.05, 3.63) is 41.3 Å². The molecule has 4 rings (SSSR count). The lowest BCUT2D eigenvalue weighted by atomic mass is 10.1. The molecule has 0 saturated heterocycles. The molecule has 1 fully saturated rings. The number of aromatic nitrogens is 4. The van der Waals surface area contributed by atoms with Crippen molar-refractivity contribution < 1.29 is 4.79 Å². The van der Waals surface area contributed by atoms with Crippen LogP contribution in [0.3, 0.4) is 0 Å². The maximum Gasteiger partial charge on any atom is 0.191 e. The van der Waals surface area contributed by atoms with Gasteiger partial charge in [-0.1, -0.05) is 30.0 Å². The molecule has 0 bridgehead atoms. The predicted octanol–water partition coefficient (Wildman–Crippen LogP) is 4.33. The summed E-state index contributed by atoms with van der Waals surface area (Å²) in [6, 6.07) is 7.96. The fourth-order valence-electron chi connectivity index (χ4n) is 3.34. The molecule has 1 aromatic carbocycles. The summed E-state index contributed by atoms with van der Waals surface area (Å²) >= 11 is 1.51. The van der Waals surface area contributed by atoms with Gasteiger partial charge >= 0.3 is 0 Å². The third kappa shape index (κ3) is 2.88. The van der Waals surface area contributed by atoms with Gasteiger partial charge in [0.2, 0.25) is 0 Å². The van der Waals surface area contributed by atoms with Crippen molar-refractivity contribution in [2.24, 2.45) is 0 Å². The van der Waals surface area contributed by atoms with Gasteiger partial charge in [0.05, 0.1) is 5.25 Å². The zero-order chi connectivity index (χ0) is 17.6. The number of thioether (sulfide) groups is 1. The molecule has 1 aliphatic carbocycles. The third-order valence-electron chi connectivity index (χ3n) is 4.80. The monoisotopic (exact) mass is 354 g/mol. The zero-order valence-corrected chi connectivity index (χ0v) is 15.6. The summed E-state index contributed by atoms with van der Waals surface area (Å²) in [6.07, 6.45) is 2.40. The number of para-hydroxylation sites is 1. The van der Waals surface area contributed by atoms with Gasteiger partial charge in [-0.05, 0) is 39.7 Å². The molecule has 0 aliphatic heterocycles. The van der Waals surface area contributed by atoms with Crippen LogP contribution in [0.25, 0.3) is 10.9 Å². The Balaban J connectivity index is 1.61. The highest BCUT2D eigenvalue weighted by molar-refractivity contribution is 8.00. The smallest absolute Gasteiger partial charge is 0.191 e. The Bertz CT molecular complexity index is 938. The number of carbonyl (C=O) groups is 1. The highest BCUT2D eigenvalue weighted by atomic mass is 32.2. The number of aryl methyl sites for hydroxylation is 1. The minimum atomic E-state index is -0.209. The normalized spacial score (nSPS) is 15.6. The molecule has 1 N–H and O–H groups in total. The molecular formula is C19H22N4OS. The Hall–Kier alpha value is -2.08. The first-order chi connectivity index (χ1) is 12.1. The van der Waals surface area contributed by atoms with E-state index in [2.05, 4.69) is 26.7 Å². The molecule has 25 heavy (non-hydrogen) atoms. The summed E-state index contributed by atoms with van der Waals surface area (Å²) in [5, 5.41) is 10.4. The van der Waals surface area contributed by atoms with Crippen LogP contribution in [0.15, 0.2) is 29.4 Å². The van der Waals surface area contributed by atoms with E-state index in [0.29, 0.717) is 5.92 Å². The average Bonchev–Trinajstić information content (AvgIpc) is 3.28. The van der Waals surface area contributed by atoms with Crippen LogP contribution in [-0.4, -0.2) is 30.8 Å². The molecular weight excluding hydrogens is 332 g/mol. The minimum Gasteiger partial charge on any atom is -0.358 e. The molecule has 1 unspecified atom stereocenters. The number of hydrogen-bond donors (Lipinski definition) is 1. The minimum absolute atomic E-state index is 0.138. The van der Waals surface area contributed by atoms with Crippen LogP contribution in [0, 0.1) is 6.92 Å². The van der Waals surface area contributed by atoms with Crippen LogP contribution in [0.2, 0.25) is 0 Å². The van der Waals surface area contributed by atoms with E-state index in [1.807, 2.05) is 38.1 Å². The first kappa shape index (κ1) is 16.4. The van der Waals surface area contributed by atoms with Gasteiger partial charge in [0.15, 0.2) is 10.9 Å². The number of nitrogens with one attached hydrogen (secondary N) is 1. The third-order valence-corrected chi connectivity index (χ3v) is 5.88. The molecule has 6 heteroatoms. The van der Waals surface area contributed by atoms with Crippen molar-refractivity contribution in [2.75, 3.05) is 0 Å². The Morgan fingerprint density at radius 2 is 2.12 bits per heavy atom. The molecule has 1 atom stereocenters. The van der Waals surface area contributed by atoms with Gasteiger partial charge in [0, 0.05) is 34.6 Å². The van der Waals surface area contributed by atoms with Crippen molar-refractivity contribution in [3.63, 3.8) is 0 Å². The molecule has 1 saturated carbocycles. The summed E-state index contributed by atoms with van der Waals surface area (Å²) in [6.45, 7) is 6.87. The number of rotatable bonds is 6. The van der Waals surface area contributed by atoms with Crippen LogP contribution < -0.4 is 0 Å². The second-order valence-electron chi connectivity index (χ2n) is 6.65. The Labute approximate surface area is 151 Å². The van der Waals surface area contributed by atoms with Crippen LogP contribution in [0.1, 0.15) is 54.5 Å². The summed E-state index contributed by atoms with van der Waals surface area (Å²) in [4.78, 5) is 16.4. The van der Waals surface area contributed by atoms with Gasteiger partial charge in [-0.2, -0.15) is 0 Å². The summed E-state index contributed by atoms with van der Waals surface area (Å²) in [5.41, 5.74) is 2.73. The zero-order valence-electron chi connectivity index (χ0n) is 14.7. The van der Waals surface area contributed by atoms with E-state index in [0.717, 1.165) is 39.7 Å². The van der Waals surface area contributed by atoms with Crippen molar-refractivity contribution in [1.29, 1.82) is 0 Å². The second-order valence-corrected chi connectivity index (χ2v) is 7.96. The standard InChI is InChI=1S/C19H22N4OS/c1-4-23-18(13-9-10-13)21-22-19(23)25-12(3)17(24)16-11(2)20-15-8-6-5-7-14(15)16/h5-8,12-13,20H,4,9-10H2,1-3H3. The maximum atomic E-state index is 13.1. The molecule has 2 heterocycles. The molecule has 1 aliphatic rings. The van der Waals surface area contributed by atoms with E-state index in [1.165, 1.54) is 24.6 Å². The van der Waals surface area contributed by atoms with Gasteiger partial charge in [-0.15, -0.1) is 10.2 Å². The van der Waals surface area contributed by atoms with Gasteiger partial charge in [0.25, 0.3) is 0 Å². The lowest BCUT2D eigenvalue weighted by molar-refractivity contribution is 0.0995. The lowest BCUT2D eigenvalue weighted by Crippen LogP contribution is -2.15. The van der Waals surface area contributed by atoms with Crippen molar-refractivity contribution >= 4 is 28.4 Å². The number of benzene rings is 1. The molecule has 5 nitrogen and oxygen atoms in total. The first-order valence-corrected chi connectivity index (χ1v) is 9.69. The fraction of sp³-hybridized carbons (Fsp3) is 0.421. The molecule has 3 aromatic rings. The molecule has 0 amide bonds. The topological polar surface area (TPSA) is 63.6 Å². The lowest BCUT2D eigenvalue weighted by Gasteiger charge is -2.11. The van der Waals surface area contributed by atoms with E-state index in [-0.39, 0.29) is 11.0 Å². The maximum absolute atomic E-state index is 13.1. The summed E-state index contributed by atoms with van der Waals surface area (Å²) in [7, 11) is 0. The SMILES string of the molecule is CCn1c(SC(C)C(=O)c2c(C)[nH]c3ccccc23)nnc1C1CC1. The van der Waals surface area contributed by atoms with Gasteiger partial charge in [-0.3, -0.25) is 4.79 Å². The second kappa shape index (κ2) is 6.33. The van der Waals surface area contributed by atoms with Gasteiger partial charge in [0.1, 0.15) is 5.82 Å². The number of ketones is 1. The quantitative estimate of drug-likeness (QED) is 0.529. The number of fused-ring (bicyclic) bond motifs is 1. The van der Waals surface area contributed by atoms with Crippen molar-refractivity contribution in [1.82, 2.24) is 19.7 Å². The van der Waals surface area contributed by atoms with E-state index >= 15 is 0 Å².